The summed E-state index contributed by atoms with van der Waals surface area (Å²) in [5.74, 6) is -0.822. The fraction of sp³-hybridized carbons (Fsp3) is 0.250. The van der Waals surface area contributed by atoms with Gasteiger partial charge in [0, 0.05) is 24.2 Å². The molecule has 1 atom stereocenters. The Balaban J connectivity index is 1.55. The molecule has 0 radical (unpaired) electrons. The summed E-state index contributed by atoms with van der Waals surface area (Å²) < 4.78 is 10.3. The largest absolute Gasteiger partial charge is 0.456 e. The third-order valence-electron chi connectivity index (χ3n) is 4.45. The number of rotatable bonds is 6. The number of nitro benzene ring substituents is 1. The Morgan fingerprint density at radius 1 is 1.07 bits per heavy atom. The first-order valence-electron chi connectivity index (χ1n) is 8.93. The van der Waals surface area contributed by atoms with Crippen LogP contribution in [0.5, 0.6) is 5.75 Å². The van der Waals surface area contributed by atoms with Crippen molar-refractivity contribution in [2.24, 2.45) is 0 Å². The molecular formula is C20H18N2O7. The lowest BCUT2D eigenvalue weighted by Gasteiger charge is -2.22. The van der Waals surface area contributed by atoms with Gasteiger partial charge in [-0.15, -0.1) is 0 Å². The van der Waals surface area contributed by atoms with Crippen LogP contribution in [0.15, 0.2) is 54.6 Å². The highest BCUT2D eigenvalue weighted by Gasteiger charge is 2.36. The fourth-order valence-electron chi connectivity index (χ4n) is 2.96. The zero-order valence-electron chi connectivity index (χ0n) is 15.4. The summed E-state index contributed by atoms with van der Waals surface area (Å²) in [6, 6.07) is 12.7. The number of ether oxygens (including phenoxy) is 2. The number of hydrogen-bond acceptors (Lipinski definition) is 7. The first-order chi connectivity index (χ1) is 14.0. The van der Waals surface area contributed by atoms with Gasteiger partial charge in [-0.3, -0.25) is 19.8 Å². The third kappa shape index (κ3) is 4.95. The molecule has 9 nitrogen and oxygen atoms in total. The van der Waals surface area contributed by atoms with Crippen molar-refractivity contribution in [3.8, 4) is 5.75 Å². The topological polar surface area (TPSA) is 116 Å². The van der Waals surface area contributed by atoms with E-state index in [4.69, 9.17) is 9.47 Å². The Kier molecular flexibility index (Phi) is 6.18. The molecule has 0 saturated carbocycles. The van der Waals surface area contributed by atoms with Gasteiger partial charge >= 0.3 is 12.1 Å². The fourth-order valence-corrected chi connectivity index (χ4v) is 2.96. The van der Waals surface area contributed by atoms with Crippen LogP contribution in [0.25, 0.3) is 0 Å². The Hall–Kier alpha value is -3.75. The molecule has 0 aromatic heterocycles. The average Bonchev–Trinajstić information content (AvgIpc) is 3.23. The molecule has 0 N–H and O–H groups in total. The van der Waals surface area contributed by atoms with Crippen molar-refractivity contribution < 1.29 is 28.8 Å². The molecule has 3 rings (SSSR count). The van der Waals surface area contributed by atoms with Crippen LogP contribution in [0, 0.1) is 10.1 Å². The Morgan fingerprint density at radius 2 is 1.76 bits per heavy atom. The van der Waals surface area contributed by atoms with Gasteiger partial charge in [-0.05, 0) is 37.1 Å². The normalized spacial score (nSPS) is 15.6. The number of nitro groups is 1. The van der Waals surface area contributed by atoms with Crippen molar-refractivity contribution in [1.82, 2.24) is 4.90 Å². The van der Waals surface area contributed by atoms with Gasteiger partial charge < -0.3 is 9.47 Å². The van der Waals surface area contributed by atoms with E-state index in [2.05, 4.69) is 0 Å². The maximum Gasteiger partial charge on any atom is 0.415 e. The zero-order chi connectivity index (χ0) is 20.8. The first kappa shape index (κ1) is 20.0. The van der Waals surface area contributed by atoms with Gasteiger partial charge in [-0.25, -0.2) is 9.59 Å². The van der Waals surface area contributed by atoms with E-state index in [0.717, 1.165) is 0 Å². The summed E-state index contributed by atoms with van der Waals surface area (Å²) in [7, 11) is 0. The maximum absolute atomic E-state index is 12.4. The minimum absolute atomic E-state index is 0.142. The lowest BCUT2D eigenvalue weighted by molar-refractivity contribution is -0.384. The second-order valence-corrected chi connectivity index (χ2v) is 6.37. The molecular weight excluding hydrogens is 380 g/mol. The number of hydrogen-bond donors (Lipinski definition) is 0. The number of carbonyl (C=O) groups excluding carboxylic acids is 3. The van der Waals surface area contributed by atoms with E-state index >= 15 is 0 Å². The van der Waals surface area contributed by atoms with Gasteiger partial charge in [0.2, 0.25) is 0 Å². The summed E-state index contributed by atoms with van der Waals surface area (Å²) in [4.78, 5) is 48.2. The van der Waals surface area contributed by atoms with E-state index in [1.807, 2.05) is 0 Å². The Morgan fingerprint density at radius 3 is 2.41 bits per heavy atom. The number of likely N-dealkylation sites (tertiary alicyclic amines) is 1. The number of ketones is 1. The molecule has 1 aliphatic heterocycles. The molecule has 0 aliphatic carbocycles. The SMILES string of the molecule is O=C(COC(=O)[C@H]1CCCN1C(=O)Oc1ccccc1)c1ccc([N+](=O)[O-])cc1. The number of carbonyl (C=O) groups is 3. The lowest BCUT2D eigenvalue weighted by Crippen LogP contribution is -2.43. The van der Waals surface area contributed by atoms with Crippen LogP contribution in [-0.2, 0) is 9.53 Å². The molecule has 2 aromatic carbocycles. The van der Waals surface area contributed by atoms with Crippen LogP contribution in [0.2, 0.25) is 0 Å². The molecule has 1 aliphatic rings. The number of benzene rings is 2. The Labute approximate surface area is 166 Å². The molecule has 0 bridgehead atoms. The summed E-state index contributed by atoms with van der Waals surface area (Å²) in [6.45, 7) is -0.170. The molecule has 1 fully saturated rings. The monoisotopic (exact) mass is 398 g/mol. The van der Waals surface area contributed by atoms with Crippen molar-refractivity contribution in [2.45, 2.75) is 18.9 Å². The summed E-state index contributed by atoms with van der Waals surface area (Å²) in [5, 5.41) is 10.7. The van der Waals surface area contributed by atoms with Crippen LogP contribution in [0.3, 0.4) is 0 Å². The van der Waals surface area contributed by atoms with E-state index in [9.17, 15) is 24.5 Å². The second kappa shape index (κ2) is 8.96. The molecule has 1 amide bonds. The number of Topliss-reactive ketones (excluding diaryl/α,β-unsaturated/α-hetero) is 1. The molecule has 2 aromatic rings. The highest BCUT2D eigenvalue weighted by atomic mass is 16.6. The number of para-hydroxylation sites is 1. The predicted molar refractivity (Wildman–Crippen MR) is 101 cm³/mol. The average molecular weight is 398 g/mol. The quantitative estimate of drug-likeness (QED) is 0.318. The first-order valence-corrected chi connectivity index (χ1v) is 8.93. The molecule has 1 heterocycles. The summed E-state index contributed by atoms with van der Waals surface area (Å²) in [5.41, 5.74) is 0.0484. The standard InChI is InChI=1S/C20H18N2O7/c23-18(14-8-10-15(11-9-14)22(26)27)13-28-19(24)17-7-4-12-21(17)20(25)29-16-5-2-1-3-6-16/h1-3,5-6,8-11,17H,4,7,12-13H2/t17-/m1/s1. The van der Waals surface area contributed by atoms with Gasteiger partial charge in [0.05, 0.1) is 4.92 Å². The van der Waals surface area contributed by atoms with Crippen LogP contribution in [0.1, 0.15) is 23.2 Å². The molecule has 29 heavy (non-hydrogen) atoms. The smallest absolute Gasteiger partial charge is 0.415 e. The van der Waals surface area contributed by atoms with E-state index in [0.29, 0.717) is 25.1 Å². The van der Waals surface area contributed by atoms with Crippen molar-refractivity contribution >= 4 is 23.5 Å². The molecule has 0 spiro atoms. The van der Waals surface area contributed by atoms with Crippen LogP contribution >= 0.6 is 0 Å². The van der Waals surface area contributed by atoms with Gasteiger partial charge in [0.15, 0.2) is 12.4 Å². The third-order valence-corrected chi connectivity index (χ3v) is 4.45. The molecule has 0 unspecified atom stereocenters. The maximum atomic E-state index is 12.4. The number of amides is 1. The van der Waals surface area contributed by atoms with E-state index in [1.54, 1.807) is 30.3 Å². The minimum Gasteiger partial charge on any atom is -0.456 e. The summed E-state index contributed by atoms with van der Waals surface area (Å²) >= 11 is 0. The van der Waals surface area contributed by atoms with Gasteiger partial charge in [-0.2, -0.15) is 0 Å². The summed E-state index contributed by atoms with van der Waals surface area (Å²) in [6.07, 6.45) is 0.367. The van der Waals surface area contributed by atoms with E-state index < -0.39 is 35.4 Å². The van der Waals surface area contributed by atoms with Crippen molar-refractivity contribution in [3.63, 3.8) is 0 Å². The number of non-ortho nitro benzene ring substituents is 1. The highest BCUT2D eigenvalue weighted by Crippen LogP contribution is 2.21. The van der Waals surface area contributed by atoms with Gasteiger partial charge in [-0.1, -0.05) is 18.2 Å². The van der Waals surface area contributed by atoms with Crippen molar-refractivity contribution in [1.29, 1.82) is 0 Å². The lowest BCUT2D eigenvalue weighted by atomic mass is 10.1. The van der Waals surface area contributed by atoms with Crippen LogP contribution in [0.4, 0.5) is 10.5 Å². The van der Waals surface area contributed by atoms with Crippen molar-refractivity contribution in [2.75, 3.05) is 13.2 Å². The van der Waals surface area contributed by atoms with Crippen LogP contribution < -0.4 is 4.74 Å². The minimum atomic E-state index is -0.823. The number of nitrogens with zero attached hydrogens (tertiary/aromatic N) is 2. The molecule has 1 saturated heterocycles. The number of esters is 1. The zero-order valence-corrected chi connectivity index (χ0v) is 15.4. The van der Waals surface area contributed by atoms with E-state index in [-0.39, 0.29) is 11.3 Å². The second-order valence-electron chi connectivity index (χ2n) is 6.37. The van der Waals surface area contributed by atoms with Gasteiger partial charge in [0.25, 0.3) is 5.69 Å². The highest BCUT2D eigenvalue weighted by molar-refractivity contribution is 5.98. The van der Waals surface area contributed by atoms with Gasteiger partial charge in [0.1, 0.15) is 11.8 Å². The predicted octanol–water partition coefficient (Wildman–Crippen LogP) is 2.98. The van der Waals surface area contributed by atoms with E-state index in [1.165, 1.54) is 29.2 Å². The molecule has 9 heteroatoms. The molecule has 150 valence electrons. The Bertz CT molecular complexity index is 912. The van der Waals surface area contributed by atoms with Crippen molar-refractivity contribution in [3.05, 3.63) is 70.3 Å². The van der Waals surface area contributed by atoms with Crippen LogP contribution in [-0.4, -0.2) is 46.9 Å².